The Balaban J connectivity index is 2.08. The number of fused-ring (bicyclic) bond motifs is 1. The number of rotatable bonds is 2. The molecule has 6 heteroatoms. The smallest absolute Gasteiger partial charge is 0.258 e. The van der Waals surface area contributed by atoms with E-state index in [9.17, 15) is 18.4 Å². The van der Waals surface area contributed by atoms with Crippen molar-refractivity contribution < 1.29 is 23.1 Å². The molecule has 4 nitrogen and oxygen atoms in total. The topological polar surface area (TPSA) is 46.6 Å². The Morgan fingerprint density at radius 1 is 1.17 bits per heavy atom. The fourth-order valence-electron chi connectivity index (χ4n) is 2.64. The van der Waals surface area contributed by atoms with Crippen molar-refractivity contribution in [3.63, 3.8) is 0 Å². The van der Waals surface area contributed by atoms with Crippen LogP contribution in [0.25, 0.3) is 0 Å². The predicted molar refractivity (Wildman–Crippen MR) is 80.0 cm³/mol. The van der Waals surface area contributed by atoms with Crippen molar-refractivity contribution in [3.05, 3.63) is 59.2 Å². The summed E-state index contributed by atoms with van der Waals surface area (Å²) in [6.07, 6.45) is 0.162. The molecule has 1 amide bonds. The molecule has 0 saturated carbocycles. The first kappa shape index (κ1) is 15.1. The minimum atomic E-state index is -1.09. The summed E-state index contributed by atoms with van der Waals surface area (Å²) >= 11 is 0. The average molecular weight is 317 g/mol. The molecular weight excluding hydrogens is 304 g/mol. The highest BCUT2D eigenvalue weighted by Gasteiger charge is 2.31. The number of ketones is 1. The van der Waals surface area contributed by atoms with Gasteiger partial charge in [-0.05, 0) is 30.3 Å². The molecule has 0 atom stereocenters. The summed E-state index contributed by atoms with van der Waals surface area (Å²) in [4.78, 5) is 26.1. The number of anilines is 1. The Hall–Kier alpha value is -2.76. The van der Waals surface area contributed by atoms with Crippen LogP contribution in [0.2, 0.25) is 0 Å². The molecule has 0 unspecified atom stereocenters. The van der Waals surface area contributed by atoms with Crippen LogP contribution in [0.5, 0.6) is 5.75 Å². The lowest BCUT2D eigenvalue weighted by molar-refractivity contribution is 0.0953. The minimum absolute atomic E-state index is 0.00936. The van der Waals surface area contributed by atoms with Crippen molar-refractivity contribution in [2.45, 2.75) is 6.42 Å². The Kier molecular flexibility index (Phi) is 3.82. The second kappa shape index (κ2) is 5.79. The number of carbonyl (C=O) groups excluding carboxylic acids is 2. The molecule has 0 fully saturated rings. The quantitative estimate of drug-likeness (QED) is 0.854. The van der Waals surface area contributed by atoms with E-state index in [1.54, 1.807) is 18.2 Å². The maximum atomic E-state index is 13.4. The van der Waals surface area contributed by atoms with Gasteiger partial charge in [-0.15, -0.1) is 0 Å². The van der Waals surface area contributed by atoms with Gasteiger partial charge in [0.05, 0.1) is 12.8 Å². The normalized spacial score (nSPS) is 13.7. The van der Waals surface area contributed by atoms with Gasteiger partial charge in [-0.25, -0.2) is 8.78 Å². The number of nitrogens with zero attached hydrogens (tertiary/aromatic N) is 1. The zero-order valence-electron chi connectivity index (χ0n) is 12.3. The zero-order chi connectivity index (χ0) is 16.6. The lowest BCUT2D eigenvalue weighted by atomic mass is 9.98. The summed E-state index contributed by atoms with van der Waals surface area (Å²) in [5.41, 5.74) is 0.752. The summed E-state index contributed by atoms with van der Waals surface area (Å²) in [6, 6.07) is 7.89. The van der Waals surface area contributed by atoms with Gasteiger partial charge in [0.15, 0.2) is 17.4 Å². The molecule has 0 aliphatic carbocycles. The molecule has 0 saturated heterocycles. The van der Waals surface area contributed by atoms with Crippen molar-refractivity contribution >= 4 is 17.4 Å². The molecule has 0 bridgehead atoms. The largest absolute Gasteiger partial charge is 0.495 e. The van der Waals surface area contributed by atoms with Crippen LogP contribution in [0.3, 0.4) is 0 Å². The number of benzene rings is 2. The van der Waals surface area contributed by atoms with Crippen molar-refractivity contribution in [1.82, 2.24) is 0 Å². The highest BCUT2D eigenvalue weighted by atomic mass is 19.2. The second-order valence-corrected chi connectivity index (χ2v) is 5.12. The lowest BCUT2D eigenvalue weighted by Crippen LogP contribution is -2.37. The number of hydrogen-bond donors (Lipinski definition) is 0. The Morgan fingerprint density at radius 3 is 2.65 bits per heavy atom. The molecule has 0 radical (unpaired) electrons. The van der Waals surface area contributed by atoms with Gasteiger partial charge in [-0.1, -0.05) is 6.07 Å². The van der Waals surface area contributed by atoms with Crippen LogP contribution in [0.1, 0.15) is 27.1 Å². The highest BCUT2D eigenvalue weighted by molar-refractivity contribution is 6.14. The van der Waals surface area contributed by atoms with Crippen molar-refractivity contribution in [1.29, 1.82) is 0 Å². The van der Waals surface area contributed by atoms with E-state index in [1.807, 2.05) is 0 Å². The molecule has 1 aliphatic rings. The molecule has 2 aromatic rings. The number of methoxy groups -OCH3 is 1. The summed E-state index contributed by atoms with van der Waals surface area (Å²) in [5, 5.41) is 0. The van der Waals surface area contributed by atoms with Crippen LogP contribution in [-0.4, -0.2) is 25.3 Å². The van der Waals surface area contributed by atoms with Gasteiger partial charge in [0.2, 0.25) is 0 Å². The molecule has 23 heavy (non-hydrogen) atoms. The second-order valence-electron chi connectivity index (χ2n) is 5.12. The summed E-state index contributed by atoms with van der Waals surface area (Å²) in [5.74, 6) is -2.33. The number of ether oxygens (including phenoxy) is 1. The van der Waals surface area contributed by atoms with E-state index >= 15 is 0 Å². The monoisotopic (exact) mass is 317 g/mol. The number of Topliss-reactive ketones (excluding diaryl/α,β-unsaturated/α-hetero) is 1. The van der Waals surface area contributed by atoms with Crippen LogP contribution in [-0.2, 0) is 0 Å². The van der Waals surface area contributed by atoms with Gasteiger partial charge in [-0.3, -0.25) is 9.59 Å². The molecule has 0 aromatic heterocycles. The van der Waals surface area contributed by atoms with E-state index in [-0.39, 0.29) is 24.3 Å². The van der Waals surface area contributed by atoms with E-state index in [4.69, 9.17) is 4.74 Å². The summed E-state index contributed by atoms with van der Waals surface area (Å²) in [6.45, 7) is 0.157. The first-order chi connectivity index (χ1) is 11.0. The Bertz CT molecular complexity index is 804. The standard InChI is InChI=1S/C17H13F2NO3/c1-23-15-4-2-3-11-14(21)7-8-20(16(11)15)17(22)10-5-6-12(18)13(19)9-10/h2-6,9H,7-8H2,1H3. The van der Waals surface area contributed by atoms with Crippen molar-refractivity contribution in [3.8, 4) is 5.75 Å². The third-order valence-electron chi connectivity index (χ3n) is 3.76. The predicted octanol–water partition coefficient (Wildman–Crippen LogP) is 3.21. The van der Waals surface area contributed by atoms with Gasteiger partial charge in [0.25, 0.3) is 5.91 Å². The molecular formula is C17H13F2NO3. The highest BCUT2D eigenvalue weighted by Crippen LogP contribution is 2.37. The van der Waals surface area contributed by atoms with Gasteiger partial charge in [0, 0.05) is 24.1 Å². The third kappa shape index (κ3) is 2.56. The zero-order valence-corrected chi connectivity index (χ0v) is 12.3. The molecule has 1 heterocycles. The van der Waals surface area contributed by atoms with Crippen molar-refractivity contribution in [2.75, 3.05) is 18.6 Å². The summed E-state index contributed by atoms with van der Waals surface area (Å²) < 4.78 is 31.7. The molecule has 118 valence electrons. The van der Waals surface area contributed by atoms with E-state index in [0.29, 0.717) is 17.0 Å². The fourth-order valence-corrected chi connectivity index (χ4v) is 2.64. The van der Waals surface area contributed by atoms with Crippen LogP contribution < -0.4 is 9.64 Å². The Morgan fingerprint density at radius 2 is 1.96 bits per heavy atom. The summed E-state index contributed by atoms with van der Waals surface area (Å²) in [7, 11) is 1.44. The number of para-hydroxylation sites is 1. The first-order valence-corrected chi connectivity index (χ1v) is 7.00. The molecule has 0 spiro atoms. The number of carbonyl (C=O) groups is 2. The van der Waals surface area contributed by atoms with Crippen LogP contribution in [0.15, 0.2) is 36.4 Å². The molecule has 2 aromatic carbocycles. The van der Waals surface area contributed by atoms with E-state index < -0.39 is 17.5 Å². The fraction of sp³-hybridized carbons (Fsp3) is 0.176. The number of halogens is 2. The lowest BCUT2D eigenvalue weighted by Gasteiger charge is -2.30. The van der Waals surface area contributed by atoms with E-state index in [0.717, 1.165) is 12.1 Å². The Labute approximate surface area is 131 Å². The van der Waals surface area contributed by atoms with Crippen LogP contribution in [0.4, 0.5) is 14.5 Å². The van der Waals surface area contributed by atoms with Crippen LogP contribution >= 0.6 is 0 Å². The maximum Gasteiger partial charge on any atom is 0.258 e. The maximum absolute atomic E-state index is 13.4. The van der Waals surface area contributed by atoms with Gasteiger partial charge < -0.3 is 9.64 Å². The molecule has 1 aliphatic heterocycles. The van der Waals surface area contributed by atoms with Gasteiger partial charge >= 0.3 is 0 Å². The number of hydrogen-bond acceptors (Lipinski definition) is 3. The van der Waals surface area contributed by atoms with Gasteiger partial charge in [0.1, 0.15) is 5.75 Å². The first-order valence-electron chi connectivity index (χ1n) is 7.00. The third-order valence-corrected chi connectivity index (χ3v) is 3.76. The minimum Gasteiger partial charge on any atom is -0.495 e. The van der Waals surface area contributed by atoms with E-state index in [1.165, 1.54) is 18.1 Å². The average Bonchev–Trinajstić information content (AvgIpc) is 2.57. The SMILES string of the molecule is COc1cccc2c1N(C(=O)c1ccc(F)c(F)c1)CCC2=O. The van der Waals surface area contributed by atoms with E-state index in [2.05, 4.69) is 0 Å². The van der Waals surface area contributed by atoms with Gasteiger partial charge in [-0.2, -0.15) is 0 Å². The molecule has 3 rings (SSSR count). The molecule has 0 N–H and O–H groups in total. The van der Waals surface area contributed by atoms with Crippen LogP contribution in [0, 0.1) is 11.6 Å². The number of amides is 1. The van der Waals surface area contributed by atoms with Crippen molar-refractivity contribution in [2.24, 2.45) is 0 Å².